The fourth-order valence-corrected chi connectivity index (χ4v) is 2.68. The number of rotatable bonds is 3. The van der Waals surface area contributed by atoms with Gasteiger partial charge in [-0.1, -0.05) is 42.5 Å². The number of nitrogens with two attached hydrogens (primary N) is 1. The quantitative estimate of drug-likeness (QED) is 0.551. The van der Waals surface area contributed by atoms with Gasteiger partial charge in [0, 0.05) is 34.8 Å². The second-order valence-electron chi connectivity index (χ2n) is 5.53. The number of aromatic amines is 1. The van der Waals surface area contributed by atoms with Gasteiger partial charge in [0.2, 0.25) is 0 Å². The Balaban J connectivity index is 1.90. The van der Waals surface area contributed by atoms with Gasteiger partial charge in [-0.25, -0.2) is 4.98 Å². The predicted octanol–water partition coefficient (Wildman–Crippen LogP) is 4.39. The molecular formula is C20H16N4. The summed E-state index contributed by atoms with van der Waals surface area (Å²) >= 11 is 0. The molecule has 0 spiro atoms. The Bertz CT molecular complexity index is 942. The minimum absolute atomic E-state index is 0.739. The zero-order valence-electron chi connectivity index (χ0n) is 13.0. The molecule has 0 saturated heterocycles. The van der Waals surface area contributed by atoms with Crippen LogP contribution in [-0.2, 0) is 0 Å². The number of imidazole rings is 1. The zero-order chi connectivity index (χ0) is 16.4. The Labute approximate surface area is 140 Å². The lowest BCUT2D eigenvalue weighted by molar-refractivity contribution is 1.30. The Morgan fingerprint density at radius 2 is 1.42 bits per heavy atom. The van der Waals surface area contributed by atoms with Gasteiger partial charge >= 0.3 is 0 Å². The molecule has 0 amide bonds. The number of hydrogen-bond donors (Lipinski definition) is 2. The first-order chi connectivity index (χ1) is 11.8. The monoisotopic (exact) mass is 312 g/mol. The molecule has 0 radical (unpaired) electrons. The van der Waals surface area contributed by atoms with E-state index < -0.39 is 0 Å². The molecule has 116 valence electrons. The minimum Gasteiger partial charge on any atom is -0.399 e. The van der Waals surface area contributed by atoms with Crippen LogP contribution in [0.25, 0.3) is 33.9 Å². The lowest BCUT2D eigenvalue weighted by Gasteiger charge is -2.03. The predicted molar refractivity (Wildman–Crippen MR) is 97.1 cm³/mol. The van der Waals surface area contributed by atoms with Gasteiger partial charge in [-0.2, -0.15) is 0 Å². The van der Waals surface area contributed by atoms with Crippen LogP contribution in [0.5, 0.6) is 0 Å². The summed E-state index contributed by atoms with van der Waals surface area (Å²) in [4.78, 5) is 12.4. The van der Waals surface area contributed by atoms with Crippen molar-refractivity contribution in [3.05, 3.63) is 79.1 Å². The molecular weight excluding hydrogens is 296 g/mol. The summed E-state index contributed by atoms with van der Waals surface area (Å²) < 4.78 is 0. The van der Waals surface area contributed by atoms with Crippen LogP contribution in [0, 0.1) is 0 Å². The maximum atomic E-state index is 5.81. The average Bonchev–Trinajstić information content (AvgIpc) is 3.09. The summed E-state index contributed by atoms with van der Waals surface area (Å²) in [6, 6.07) is 21.8. The summed E-state index contributed by atoms with van der Waals surface area (Å²) in [5.41, 5.74) is 11.5. The van der Waals surface area contributed by atoms with Crippen LogP contribution in [0.2, 0.25) is 0 Å². The number of aromatic nitrogens is 3. The Morgan fingerprint density at radius 1 is 0.708 bits per heavy atom. The minimum atomic E-state index is 0.739. The van der Waals surface area contributed by atoms with Crippen molar-refractivity contribution in [1.29, 1.82) is 0 Å². The molecule has 4 nitrogen and oxygen atoms in total. The van der Waals surface area contributed by atoms with Crippen molar-refractivity contribution in [2.45, 2.75) is 0 Å². The molecule has 0 bridgehead atoms. The molecule has 4 rings (SSSR count). The molecule has 0 aliphatic heterocycles. The highest BCUT2D eigenvalue weighted by atomic mass is 14.9. The van der Waals surface area contributed by atoms with Crippen molar-refractivity contribution >= 4 is 5.69 Å². The van der Waals surface area contributed by atoms with Crippen LogP contribution >= 0.6 is 0 Å². The molecule has 4 aromatic rings. The largest absolute Gasteiger partial charge is 0.399 e. The van der Waals surface area contributed by atoms with Gasteiger partial charge in [-0.15, -0.1) is 0 Å². The summed E-state index contributed by atoms with van der Waals surface area (Å²) in [5.74, 6) is 0.842. The fourth-order valence-electron chi connectivity index (χ4n) is 2.68. The van der Waals surface area contributed by atoms with Crippen LogP contribution in [-0.4, -0.2) is 15.0 Å². The third kappa shape index (κ3) is 2.65. The van der Waals surface area contributed by atoms with E-state index in [1.807, 2.05) is 66.7 Å². The van der Waals surface area contributed by atoms with Crippen LogP contribution in [0.1, 0.15) is 0 Å². The fraction of sp³-hybridized carbons (Fsp3) is 0. The van der Waals surface area contributed by atoms with E-state index in [1.54, 1.807) is 12.4 Å². The number of anilines is 1. The van der Waals surface area contributed by atoms with E-state index in [0.29, 0.717) is 0 Å². The number of pyridine rings is 1. The zero-order valence-corrected chi connectivity index (χ0v) is 13.0. The first kappa shape index (κ1) is 14.2. The highest BCUT2D eigenvalue weighted by Crippen LogP contribution is 2.32. The average molecular weight is 312 g/mol. The van der Waals surface area contributed by atoms with E-state index in [4.69, 9.17) is 10.7 Å². The number of nitrogens with one attached hydrogen (secondary N) is 1. The molecule has 0 aliphatic carbocycles. The maximum absolute atomic E-state index is 5.81. The molecule has 24 heavy (non-hydrogen) atoms. The van der Waals surface area contributed by atoms with Gasteiger partial charge in [0.1, 0.15) is 5.82 Å². The van der Waals surface area contributed by atoms with Crippen molar-refractivity contribution in [3.8, 4) is 33.9 Å². The molecule has 0 unspecified atom stereocenters. The Morgan fingerprint density at radius 3 is 2.12 bits per heavy atom. The molecule has 2 aromatic carbocycles. The molecule has 0 saturated carbocycles. The lowest BCUT2D eigenvalue weighted by Crippen LogP contribution is -1.86. The molecule has 4 heteroatoms. The first-order valence-electron chi connectivity index (χ1n) is 7.73. The molecule has 3 N–H and O–H groups in total. The van der Waals surface area contributed by atoms with E-state index in [-0.39, 0.29) is 0 Å². The topological polar surface area (TPSA) is 67.6 Å². The standard InChI is InChI=1S/C20H16N4/c21-17-8-6-14(7-9-17)18-19(15-10-12-22-13-11-15)24-20(23-18)16-4-2-1-3-5-16/h1-13H,21H2,(H,23,24). The number of hydrogen-bond acceptors (Lipinski definition) is 3. The number of nitrogens with zero attached hydrogens (tertiary/aromatic N) is 2. The van der Waals surface area contributed by atoms with Gasteiger partial charge < -0.3 is 10.7 Å². The van der Waals surface area contributed by atoms with E-state index in [9.17, 15) is 0 Å². The number of benzene rings is 2. The van der Waals surface area contributed by atoms with Gasteiger partial charge in [-0.05, 0) is 24.3 Å². The highest BCUT2D eigenvalue weighted by Gasteiger charge is 2.15. The van der Waals surface area contributed by atoms with Gasteiger partial charge in [0.15, 0.2) is 0 Å². The summed E-state index contributed by atoms with van der Waals surface area (Å²) in [5, 5.41) is 0. The molecule has 0 aliphatic rings. The Kier molecular flexibility index (Phi) is 3.56. The van der Waals surface area contributed by atoms with Crippen molar-refractivity contribution in [1.82, 2.24) is 15.0 Å². The van der Waals surface area contributed by atoms with E-state index in [1.165, 1.54) is 0 Å². The summed E-state index contributed by atoms with van der Waals surface area (Å²) in [6.45, 7) is 0. The molecule has 0 atom stereocenters. The van der Waals surface area contributed by atoms with E-state index in [2.05, 4.69) is 9.97 Å². The molecule has 2 heterocycles. The van der Waals surface area contributed by atoms with Gasteiger partial charge in [-0.3, -0.25) is 4.98 Å². The van der Waals surface area contributed by atoms with E-state index in [0.717, 1.165) is 39.6 Å². The number of nitrogen functional groups attached to an aromatic ring is 1. The molecule has 0 fully saturated rings. The van der Waals surface area contributed by atoms with Crippen LogP contribution < -0.4 is 5.73 Å². The second kappa shape index (κ2) is 6.01. The van der Waals surface area contributed by atoms with Crippen molar-refractivity contribution in [2.24, 2.45) is 0 Å². The SMILES string of the molecule is Nc1ccc(-c2nc(-c3ccccc3)[nH]c2-c2ccncc2)cc1. The van der Waals surface area contributed by atoms with Crippen molar-refractivity contribution in [3.63, 3.8) is 0 Å². The maximum Gasteiger partial charge on any atom is 0.138 e. The molecule has 2 aromatic heterocycles. The third-order valence-electron chi connectivity index (χ3n) is 3.90. The van der Waals surface area contributed by atoms with Gasteiger partial charge in [0.05, 0.1) is 11.4 Å². The summed E-state index contributed by atoms with van der Waals surface area (Å²) in [6.07, 6.45) is 3.57. The van der Waals surface area contributed by atoms with Crippen LogP contribution in [0.4, 0.5) is 5.69 Å². The van der Waals surface area contributed by atoms with E-state index >= 15 is 0 Å². The Hall–Kier alpha value is -3.40. The smallest absolute Gasteiger partial charge is 0.138 e. The second-order valence-corrected chi connectivity index (χ2v) is 5.53. The third-order valence-corrected chi connectivity index (χ3v) is 3.90. The van der Waals surface area contributed by atoms with Crippen LogP contribution in [0.15, 0.2) is 79.1 Å². The van der Waals surface area contributed by atoms with Gasteiger partial charge in [0.25, 0.3) is 0 Å². The summed E-state index contributed by atoms with van der Waals surface area (Å²) in [7, 11) is 0. The van der Waals surface area contributed by atoms with Crippen molar-refractivity contribution < 1.29 is 0 Å². The number of H-pyrrole nitrogens is 1. The first-order valence-corrected chi connectivity index (χ1v) is 7.73. The lowest BCUT2D eigenvalue weighted by atomic mass is 10.1. The highest BCUT2D eigenvalue weighted by molar-refractivity contribution is 5.81. The normalized spacial score (nSPS) is 10.7. The van der Waals surface area contributed by atoms with Crippen molar-refractivity contribution in [2.75, 3.05) is 5.73 Å². The van der Waals surface area contributed by atoms with Crippen LogP contribution in [0.3, 0.4) is 0 Å².